The first-order chi connectivity index (χ1) is 12.5. The lowest BCUT2D eigenvalue weighted by Crippen LogP contribution is -2.37. The molecule has 2 aromatic rings. The Bertz CT molecular complexity index is 673. The number of hydrogen-bond donors (Lipinski definition) is 1. The van der Waals surface area contributed by atoms with Gasteiger partial charge in [0.2, 0.25) is 0 Å². The summed E-state index contributed by atoms with van der Waals surface area (Å²) in [5.41, 5.74) is 6.52. The largest absolute Gasteiger partial charge is 0.330 e. The Labute approximate surface area is 171 Å². The molecule has 0 saturated carbocycles. The summed E-state index contributed by atoms with van der Waals surface area (Å²) >= 11 is 6.73. The molecule has 0 bridgehead atoms. The van der Waals surface area contributed by atoms with Gasteiger partial charge in [0.25, 0.3) is 11.8 Å². The zero-order chi connectivity index (χ0) is 18.9. The SMILES string of the molecule is NCCCCCCN(C(=O)c1ccc(Br)cc1)C(=O)c1ccc(Br)cc1. The van der Waals surface area contributed by atoms with Crippen LogP contribution in [0.1, 0.15) is 46.4 Å². The van der Waals surface area contributed by atoms with E-state index in [2.05, 4.69) is 31.9 Å². The van der Waals surface area contributed by atoms with Crippen LogP contribution < -0.4 is 5.73 Å². The standard InChI is InChI=1S/C20H22Br2N2O2/c21-17-9-5-15(6-10-17)19(25)24(14-4-2-1-3-13-23)20(26)16-7-11-18(22)12-8-16/h5-12H,1-4,13-14,23H2. The molecular formula is C20H22Br2N2O2. The van der Waals surface area contributed by atoms with E-state index in [1.165, 1.54) is 4.90 Å². The van der Waals surface area contributed by atoms with E-state index in [0.717, 1.165) is 34.6 Å². The van der Waals surface area contributed by atoms with E-state index in [4.69, 9.17) is 5.73 Å². The highest BCUT2D eigenvalue weighted by atomic mass is 79.9. The fourth-order valence-electron chi connectivity index (χ4n) is 2.56. The van der Waals surface area contributed by atoms with Gasteiger partial charge >= 0.3 is 0 Å². The second-order valence-electron chi connectivity index (χ2n) is 5.98. The predicted octanol–water partition coefficient (Wildman–Crippen LogP) is 5.01. The molecule has 26 heavy (non-hydrogen) atoms. The molecule has 0 aromatic heterocycles. The maximum absolute atomic E-state index is 12.9. The molecule has 0 spiro atoms. The lowest BCUT2D eigenvalue weighted by Gasteiger charge is -2.21. The van der Waals surface area contributed by atoms with Crippen molar-refractivity contribution in [2.24, 2.45) is 5.73 Å². The molecule has 0 atom stereocenters. The number of benzene rings is 2. The minimum Gasteiger partial charge on any atom is -0.330 e. The van der Waals surface area contributed by atoms with E-state index >= 15 is 0 Å². The van der Waals surface area contributed by atoms with Crippen LogP contribution in [0.3, 0.4) is 0 Å². The lowest BCUT2D eigenvalue weighted by atomic mass is 10.1. The molecule has 0 radical (unpaired) electrons. The van der Waals surface area contributed by atoms with Gasteiger partial charge in [-0.05, 0) is 67.9 Å². The Kier molecular flexibility index (Phi) is 8.48. The van der Waals surface area contributed by atoms with Crippen LogP contribution in [0.25, 0.3) is 0 Å². The van der Waals surface area contributed by atoms with E-state index in [0.29, 0.717) is 24.2 Å². The van der Waals surface area contributed by atoms with Crippen LogP contribution in [0.4, 0.5) is 0 Å². The second kappa shape index (κ2) is 10.6. The van der Waals surface area contributed by atoms with E-state index in [1.807, 2.05) is 0 Å². The Morgan fingerprint density at radius 2 is 1.15 bits per heavy atom. The number of carbonyl (C=O) groups is 2. The van der Waals surface area contributed by atoms with E-state index in [1.54, 1.807) is 48.5 Å². The third-order valence-electron chi connectivity index (χ3n) is 4.01. The van der Waals surface area contributed by atoms with Crippen LogP contribution in [0, 0.1) is 0 Å². The van der Waals surface area contributed by atoms with Crippen molar-refractivity contribution < 1.29 is 9.59 Å². The first kappa shape index (κ1) is 20.8. The van der Waals surface area contributed by atoms with Gasteiger partial charge in [-0.25, -0.2) is 0 Å². The molecule has 0 heterocycles. The molecule has 138 valence electrons. The van der Waals surface area contributed by atoms with E-state index in [9.17, 15) is 9.59 Å². The molecule has 0 fully saturated rings. The average molecular weight is 482 g/mol. The van der Waals surface area contributed by atoms with Crippen LogP contribution in [-0.2, 0) is 0 Å². The zero-order valence-corrected chi connectivity index (χ0v) is 17.6. The fourth-order valence-corrected chi connectivity index (χ4v) is 3.09. The number of unbranched alkanes of at least 4 members (excludes halogenated alkanes) is 3. The molecule has 2 N–H and O–H groups in total. The summed E-state index contributed by atoms with van der Waals surface area (Å²) in [4.78, 5) is 27.2. The van der Waals surface area contributed by atoms with Crippen molar-refractivity contribution in [2.45, 2.75) is 25.7 Å². The Morgan fingerprint density at radius 3 is 1.58 bits per heavy atom. The van der Waals surface area contributed by atoms with E-state index < -0.39 is 0 Å². The van der Waals surface area contributed by atoms with Gasteiger partial charge in [-0.2, -0.15) is 0 Å². The molecule has 2 amide bonds. The zero-order valence-electron chi connectivity index (χ0n) is 14.5. The number of halogens is 2. The number of hydrogen-bond acceptors (Lipinski definition) is 3. The molecule has 4 nitrogen and oxygen atoms in total. The summed E-state index contributed by atoms with van der Waals surface area (Å²) in [5.74, 6) is -0.548. The van der Waals surface area contributed by atoms with Gasteiger partial charge in [-0.1, -0.05) is 44.7 Å². The summed E-state index contributed by atoms with van der Waals surface area (Å²) in [5, 5.41) is 0. The molecule has 0 aliphatic carbocycles. The molecule has 2 aromatic carbocycles. The maximum atomic E-state index is 12.9. The van der Waals surface area contributed by atoms with E-state index in [-0.39, 0.29) is 11.8 Å². The first-order valence-corrected chi connectivity index (χ1v) is 10.2. The monoisotopic (exact) mass is 480 g/mol. The molecular weight excluding hydrogens is 460 g/mol. The summed E-state index contributed by atoms with van der Waals surface area (Å²) in [7, 11) is 0. The van der Waals surface area contributed by atoms with Crippen LogP contribution in [0.15, 0.2) is 57.5 Å². The normalized spacial score (nSPS) is 10.6. The van der Waals surface area contributed by atoms with Crippen molar-refractivity contribution in [1.29, 1.82) is 0 Å². The number of nitrogens with two attached hydrogens (primary N) is 1. The molecule has 0 unspecified atom stereocenters. The topological polar surface area (TPSA) is 63.4 Å². The molecule has 2 rings (SSSR count). The van der Waals surface area contributed by atoms with Gasteiger partial charge in [-0.15, -0.1) is 0 Å². The van der Waals surface area contributed by atoms with Gasteiger partial charge in [0.1, 0.15) is 0 Å². The van der Waals surface area contributed by atoms with Crippen molar-refractivity contribution in [2.75, 3.05) is 13.1 Å². The van der Waals surface area contributed by atoms with Gasteiger partial charge < -0.3 is 5.73 Å². The van der Waals surface area contributed by atoms with Crippen molar-refractivity contribution in [3.63, 3.8) is 0 Å². The minimum atomic E-state index is -0.274. The molecule has 6 heteroatoms. The van der Waals surface area contributed by atoms with Crippen molar-refractivity contribution in [3.8, 4) is 0 Å². The molecule has 0 aliphatic heterocycles. The second-order valence-corrected chi connectivity index (χ2v) is 7.81. The Hall–Kier alpha value is -1.50. The van der Waals surface area contributed by atoms with Gasteiger partial charge in [0.15, 0.2) is 0 Å². The summed E-state index contributed by atoms with van der Waals surface area (Å²) < 4.78 is 1.78. The minimum absolute atomic E-state index is 0.274. The number of nitrogens with zero attached hydrogens (tertiary/aromatic N) is 1. The third-order valence-corrected chi connectivity index (χ3v) is 5.07. The van der Waals surface area contributed by atoms with Gasteiger partial charge in [-0.3, -0.25) is 14.5 Å². The van der Waals surface area contributed by atoms with Crippen LogP contribution in [-0.4, -0.2) is 29.8 Å². The quantitative estimate of drug-likeness (QED) is 0.425. The number of amides is 2. The smallest absolute Gasteiger partial charge is 0.260 e. The maximum Gasteiger partial charge on any atom is 0.260 e. The molecule has 0 saturated heterocycles. The molecule has 0 aliphatic rings. The van der Waals surface area contributed by atoms with Gasteiger partial charge in [0, 0.05) is 26.6 Å². The highest BCUT2D eigenvalue weighted by Crippen LogP contribution is 2.17. The predicted molar refractivity (Wildman–Crippen MR) is 111 cm³/mol. The summed E-state index contributed by atoms with van der Waals surface area (Å²) in [6.45, 7) is 1.06. The fraction of sp³-hybridized carbons (Fsp3) is 0.300. The lowest BCUT2D eigenvalue weighted by molar-refractivity contribution is 0.0613. The van der Waals surface area contributed by atoms with Crippen LogP contribution in [0.2, 0.25) is 0 Å². The Balaban J connectivity index is 2.17. The first-order valence-electron chi connectivity index (χ1n) is 8.60. The summed E-state index contributed by atoms with van der Waals surface area (Å²) in [6.07, 6.45) is 3.67. The highest BCUT2D eigenvalue weighted by Gasteiger charge is 2.23. The van der Waals surface area contributed by atoms with Crippen molar-refractivity contribution in [3.05, 3.63) is 68.6 Å². The van der Waals surface area contributed by atoms with Crippen LogP contribution in [0.5, 0.6) is 0 Å². The number of carbonyl (C=O) groups excluding carboxylic acids is 2. The highest BCUT2D eigenvalue weighted by molar-refractivity contribution is 9.10. The van der Waals surface area contributed by atoms with Crippen molar-refractivity contribution in [1.82, 2.24) is 4.90 Å². The number of rotatable bonds is 8. The Morgan fingerprint density at radius 1 is 0.731 bits per heavy atom. The number of imide groups is 1. The van der Waals surface area contributed by atoms with Crippen LogP contribution >= 0.6 is 31.9 Å². The third kappa shape index (κ3) is 6.04. The summed E-state index contributed by atoms with van der Waals surface area (Å²) in [6, 6.07) is 14.1. The average Bonchev–Trinajstić information content (AvgIpc) is 2.65. The van der Waals surface area contributed by atoms with Gasteiger partial charge in [0.05, 0.1) is 0 Å². The van der Waals surface area contributed by atoms with Crippen molar-refractivity contribution >= 4 is 43.7 Å².